The minimum absolute atomic E-state index is 0.177. The maximum atomic E-state index is 13.2. The lowest BCUT2D eigenvalue weighted by Gasteiger charge is -2.04. The number of rotatable bonds is 3. The summed E-state index contributed by atoms with van der Waals surface area (Å²) in [6.45, 7) is 0.177. The number of benzene rings is 1. The lowest BCUT2D eigenvalue weighted by atomic mass is 10.2. The lowest BCUT2D eigenvalue weighted by molar-refractivity contribution is 0.560. The van der Waals surface area contributed by atoms with Crippen molar-refractivity contribution in [1.29, 1.82) is 0 Å². The molecule has 0 bridgehead atoms. The van der Waals surface area contributed by atoms with Crippen LogP contribution in [0.25, 0.3) is 0 Å². The minimum Gasteiger partial charge on any atom is -0.326 e. The highest BCUT2D eigenvalue weighted by Crippen LogP contribution is 2.15. The topological polar surface area (TPSA) is 72.2 Å². The van der Waals surface area contributed by atoms with Crippen LogP contribution >= 0.6 is 0 Å². The van der Waals surface area contributed by atoms with Gasteiger partial charge >= 0.3 is 0 Å². The molecule has 14 heavy (non-hydrogen) atoms. The van der Waals surface area contributed by atoms with Gasteiger partial charge in [0, 0.05) is 6.54 Å². The molecule has 0 amide bonds. The van der Waals surface area contributed by atoms with Crippen molar-refractivity contribution in [1.82, 2.24) is 4.72 Å². The number of hydrogen-bond donors (Lipinski definition) is 2. The van der Waals surface area contributed by atoms with Crippen LogP contribution in [0.5, 0.6) is 0 Å². The number of halogens is 1. The molecular weight excluding hydrogens is 207 g/mol. The highest BCUT2D eigenvalue weighted by atomic mass is 32.2. The van der Waals surface area contributed by atoms with Crippen molar-refractivity contribution in [3.63, 3.8) is 0 Å². The van der Waals surface area contributed by atoms with Gasteiger partial charge in [0.1, 0.15) is 10.7 Å². The van der Waals surface area contributed by atoms with Gasteiger partial charge in [0.25, 0.3) is 0 Å². The van der Waals surface area contributed by atoms with Crippen LogP contribution in [0.4, 0.5) is 4.39 Å². The molecule has 1 rings (SSSR count). The molecule has 6 heteroatoms. The van der Waals surface area contributed by atoms with Gasteiger partial charge in [0.15, 0.2) is 0 Å². The van der Waals surface area contributed by atoms with Crippen molar-refractivity contribution in [3.8, 4) is 0 Å². The summed E-state index contributed by atoms with van der Waals surface area (Å²) in [5.41, 5.74) is 5.83. The summed E-state index contributed by atoms with van der Waals surface area (Å²) >= 11 is 0. The molecule has 1 aromatic rings. The second kappa shape index (κ2) is 4.04. The van der Waals surface area contributed by atoms with Crippen LogP contribution in [-0.4, -0.2) is 15.5 Å². The van der Waals surface area contributed by atoms with Crippen LogP contribution in [-0.2, 0) is 16.6 Å². The Hall–Kier alpha value is -0.980. The van der Waals surface area contributed by atoms with Crippen LogP contribution < -0.4 is 10.5 Å². The molecule has 0 saturated heterocycles. The highest BCUT2D eigenvalue weighted by Gasteiger charge is 2.16. The van der Waals surface area contributed by atoms with E-state index in [0.717, 1.165) is 6.07 Å². The van der Waals surface area contributed by atoms with Crippen molar-refractivity contribution >= 4 is 10.0 Å². The van der Waals surface area contributed by atoms with Crippen molar-refractivity contribution in [2.24, 2.45) is 5.73 Å². The Kier molecular flexibility index (Phi) is 3.20. The van der Waals surface area contributed by atoms with Gasteiger partial charge in [-0.3, -0.25) is 0 Å². The van der Waals surface area contributed by atoms with Gasteiger partial charge in [0.05, 0.1) is 0 Å². The van der Waals surface area contributed by atoms with Gasteiger partial charge < -0.3 is 5.73 Å². The van der Waals surface area contributed by atoms with E-state index in [1.165, 1.54) is 19.2 Å². The van der Waals surface area contributed by atoms with Crippen LogP contribution in [0.3, 0.4) is 0 Å². The summed E-state index contributed by atoms with van der Waals surface area (Å²) in [5, 5.41) is 0. The van der Waals surface area contributed by atoms with E-state index < -0.39 is 15.8 Å². The van der Waals surface area contributed by atoms with Gasteiger partial charge in [-0.1, -0.05) is 6.07 Å². The molecular formula is C8H11FN2O2S. The Bertz CT molecular complexity index is 431. The second-order valence-electron chi connectivity index (χ2n) is 2.68. The molecule has 0 saturated carbocycles. The summed E-state index contributed by atoms with van der Waals surface area (Å²) in [6.07, 6.45) is 0. The average Bonchev–Trinajstić information content (AvgIpc) is 2.17. The van der Waals surface area contributed by atoms with E-state index in [-0.39, 0.29) is 11.4 Å². The van der Waals surface area contributed by atoms with E-state index in [9.17, 15) is 12.8 Å². The summed E-state index contributed by atoms with van der Waals surface area (Å²) < 4.78 is 37.8. The smallest absolute Gasteiger partial charge is 0.243 e. The normalized spacial score (nSPS) is 11.6. The first-order chi connectivity index (χ1) is 6.51. The maximum Gasteiger partial charge on any atom is 0.243 e. The molecule has 0 aliphatic heterocycles. The highest BCUT2D eigenvalue weighted by molar-refractivity contribution is 7.89. The van der Waals surface area contributed by atoms with Crippen LogP contribution in [0.2, 0.25) is 0 Å². The fourth-order valence-electron chi connectivity index (χ4n) is 0.999. The third-order valence-electron chi connectivity index (χ3n) is 1.79. The Morgan fingerprint density at radius 1 is 1.50 bits per heavy atom. The molecule has 4 nitrogen and oxygen atoms in total. The molecule has 0 aliphatic carbocycles. The first-order valence-electron chi connectivity index (χ1n) is 3.93. The number of nitrogens with two attached hydrogens (primary N) is 1. The molecule has 0 heterocycles. The molecule has 0 spiro atoms. The maximum absolute atomic E-state index is 13.2. The van der Waals surface area contributed by atoms with E-state index in [4.69, 9.17) is 5.73 Å². The minimum atomic E-state index is -3.72. The zero-order valence-electron chi connectivity index (χ0n) is 7.62. The van der Waals surface area contributed by atoms with E-state index in [1.807, 2.05) is 4.72 Å². The predicted molar refractivity (Wildman–Crippen MR) is 50.5 cm³/mol. The fourth-order valence-corrected chi connectivity index (χ4v) is 1.78. The first-order valence-corrected chi connectivity index (χ1v) is 5.41. The molecule has 0 atom stereocenters. The third-order valence-corrected chi connectivity index (χ3v) is 3.24. The molecule has 0 unspecified atom stereocenters. The average molecular weight is 218 g/mol. The summed E-state index contributed by atoms with van der Waals surface area (Å²) in [6, 6.07) is 3.79. The Morgan fingerprint density at radius 3 is 2.57 bits per heavy atom. The van der Waals surface area contributed by atoms with E-state index in [1.54, 1.807) is 0 Å². The summed E-state index contributed by atoms with van der Waals surface area (Å²) in [4.78, 5) is -0.364. The largest absolute Gasteiger partial charge is 0.326 e. The zero-order valence-corrected chi connectivity index (χ0v) is 8.44. The van der Waals surface area contributed by atoms with E-state index >= 15 is 0 Å². The molecule has 78 valence electrons. The Morgan fingerprint density at radius 2 is 2.14 bits per heavy atom. The van der Waals surface area contributed by atoms with Crippen molar-refractivity contribution < 1.29 is 12.8 Å². The second-order valence-corrected chi connectivity index (χ2v) is 4.53. The Labute approximate surface area is 82.0 Å². The van der Waals surface area contributed by atoms with Crippen LogP contribution in [0.15, 0.2) is 23.1 Å². The molecule has 3 N–H and O–H groups in total. The van der Waals surface area contributed by atoms with Gasteiger partial charge in [-0.05, 0) is 24.7 Å². The van der Waals surface area contributed by atoms with Gasteiger partial charge in [-0.15, -0.1) is 0 Å². The van der Waals surface area contributed by atoms with Crippen LogP contribution in [0.1, 0.15) is 5.56 Å². The molecule has 0 radical (unpaired) electrons. The van der Waals surface area contributed by atoms with Gasteiger partial charge in [0.2, 0.25) is 10.0 Å². The number of sulfonamides is 1. The molecule has 0 fully saturated rings. The fraction of sp³-hybridized carbons (Fsp3) is 0.250. The first kappa shape index (κ1) is 11.1. The van der Waals surface area contributed by atoms with Crippen molar-refractivity contribution in [2.45, 2.75) is 11.4 Å². The van der Waals surface area contributed by atoms with Gasteiger partial charge in [-0.2, -0.15) is 0 Å². The van der Waals surface area contributed by atoms with Crippen LogP contribution in [0, 0.1) is 5.82 Å². The number of hydrogen-bond acceptors (Lipinski definition) is 3. The third kappa shape index (κ3) is 2.09. The van der Waals surface area contributed by atoms with Gasteiger partial charge in [-0.25, -0.2) is 17.5 Å². The molecule has 0 aliphatic rings. The predicted octanol–water partition coefficient (Wildman–Crippen LogP) is 0.193. The van der Waals surface area contributed by atoms with Crippen molar-refractivity contribution in [3.05, 3.63) is 29.6 Å². The zero-order chi connectivity index (χ0) is 10.8. The molecule has 0 aromatic heterocycles. The quantitative estimate of drug-likeness (QED) is 0.760. The molecule has 1 aromatic carbocycles. The monoisotopic (exact) mass is 218 g/mol. The lowest BCUT2D eigenvalue weighted by Crippen LogP contribution is -2.20. The van der Waals surface area contributed by atoms with E-state index in [2.05, 4.69) is 0 Å². The standard InChI is InChI=1S/C8H11FN2O2S/c1-11-14(12,13)8-3-2-6(5-10)4-7(8)9/h2-4,11H,5,10H2,1H3. The summed E-state index contributed by atoms with van der Waals surface area (Å²) in [5.74, 6) is -0.790. The van der Waals surface area contributed by atoms with Crippen molar-refractivity contribution in [2.75, 3.05) is 7.05 Å². The Balaban J connectivity index is 3.26. The SMILES string of the molecule is CNS(=O)(=O)c1ccc(CN)cc1F. The number of nitrogens with one attached hydrogen (secondary N) is 1. The van der Waals surface area contributed by atoms with E-state index in [0.29, 0.717) is 5.56 Å². The summed E-state index contributed by atoms with van der Waals surface area (Å²) in [7, 11) is -2.49.